The van der Waals surface area contributed by atoms with E-state index in [1.807, 2.05) is 82.4 Å². The second-order valence-corrected chi connectivity index (χ2v) is 11.0. The molecular weight excluding hydrogens is 518 g/mol. The summed E-state index contributed by atoms with van der Waals surface area (Å²) in [6.45, 7) is 7.89. The molecule has 0 saturated heterocycles. The van der Waals surface area contributed by atoms with Gasteiger partial charge in [-0.2, -0.15) is 0 Å². The topological polar surface area (TPSA) is 124 Å². The summed E-state index contributed by atoms with van der Waals surface area (Å²) < 4.78 is 6.36. The van der Waals surface area contributed by atoms with Crippen LogP contribution < -0.4 is 26.0 Å². The van der Waals surface area contributed by atoms with Crippen molar-refractivity contribution in [3.8, 4) is 5.75 Å². The maximum atomic E-state index is 14.1. The Kier molecular flexibility index (Phi) is 9.83. The van der Waals surface area contributed by atoms with E-state index in [9.17, 15) is 14.4 Å². The van der Waals surface area contributed by atoms with Gasteiger partial charge >= 0.3 is 0 Å². The minimum Gasteiger partial charge on any atom is -0.487 e. The predicted molar refractivity (Wildman–Crippen MR) is 161 cm³/mol. The second kappa shape index (κ2) is 13.5. The first-order valence-corrected chi connectivity index (χ1v) is 14.3. The van der Waals surface area contributed by atoms with Gasteiger partial charge in [-0.05, 0) is 54.3 Å². The van der Waals surface area contributed by atoms with Crippen LogP contribution in [0.3, 0.4) is 0 Å². The normalized spacial score (nSPS) is 21.1. The highest BCUT2D eigenvalue weighted by Gasteiger charge is 2.38. The number of hydrogen-bond donors (Lipinski definition) is 5. The number of rotatable bonds is 8. The van der Waals surface area contributed by atoms with Crippen LogP contribution in [0.5, 0.6) is 5.75 Å². The van der Waals surface area contributed by atoms with Crippen molar-refractivity contribution < 1.29 is 19.1 Å². The summed E-state index contributed by atoms with van der Waals surface area (Å²) in [6, 6.07) is 12.7. The van der Waals surface area contributed by atoms with E-state index >= 15 is 0 Å². The lowest BCUT2D eigenvalue weighted by Gasteiger charge is -2.33. The third kappa shape index (κ3) is 7.16. The highest BCUT2D eigenvalue weighted by Crippen LogP contribution is 2.22. The standard InChI is InChI=1S/C32H41N5O4/c1-6-20(4)27(33-5)31(39)37-28-29(19(2)3)41-23-13-11-21(12-14-23)15-16-34-30(38)26(36-32(28)40)17-22-18-35-25-10-8-7-9-24(22)25/h7-16,18-20,26-29,33,35H,6,17H2,1-5H3,(H,34,38)(H,36,40)(H,37,39). The van der Waals surface area contributed by atoms with Crippen molar-refractivity contribution in [2.24, 2.45) is 11.8 Å². The van der Waals surface area contributed by atoms with Crippen molar-refractivity contribution in [1.82, 2.24) is 26.3 Å². The number of ether oxygens (including phenoxy) is 1. The molecule has 2 bridgehead atoms. The van der Waals surface area contributed by atoms with E-state index in [0.29, 0.717) is 5.75 Å². The molecule has 1 aromatic heterocycles. The number of H-pyrrole nitrogens is 1. The maximum absolute atomic E-state index is 14.1. The van der Waals surface area contributed by atoms with Crippen molar-refractivity contribution >= 4 is 34.7 Å². The molecule has 0 radical (unpaired) electrons. The Morgan fingerprint density at radius 2 is 1.76 bits per heavy atom. The van der Waals surface area contributed by atoms with Crippen LogP contribution in [0.4, 0.5) is 0 Å². The molecule has 2 aliphatic rings. The van der Waals surface area contributed by atoms with E-state index in [1.165, 1.54) is 0 Å². The summed E-state index contributed by atoms with van der Waals surface area (Å²) in [5.74, 6) is -0.678. The number of fused-ring (bicyclic) bond motifs is 11. The summed E-state index contributed by atoms with van der Waals surface area (Å²) in [7, 11) is 1.73. The van der Waals surface area contributed by atoms with E-state index in [2.05, 4.69) is 26.3 Å². The Labute approximate surface area is 241 Å². The molecule has 218 valence electrons. The van der Waals surface area contributed by atoms with Crippen LogP contribution in [0.25, 0.3) is 17.0 Å². The van der Waals surface area contributed by atoms with Crippen LogP contribution in [0.15, 0.2) is 60.9 Å². The molecule has 5 rings (SSSR count). The third-order valence-electron chi connectivity index (χ3n) is 7.76. The third-order valence-corrected chi connectivity index (χ3v) is 7.76. The van der Waals surface area contributed by atoms with Crippen molar-refractivity contribution in [1.29, 1.82) is 0 Å². The van der Waals surface area contributed by atoms with Gasteiger partial charge in [0, 0.05) is 29.7 Å². The average molecular weight is 560 g/mol. The Balaban J connectivity index is 1.72. The maximum Gasteiger partial charge on any atom is 0.247 e. The number of benzene rings is 2. The zero-order valence-electron chi connectivity index (χ0n) is 24.4. The van der Waals surface area contributed by atoms with Gasteiger partial charge in [-0.1, -0.05) is 64.4 Å². The molecule has 9 nitrogen and oxygen atoms in total. The molecule has 0 aliphatic carbocycles. The van der Waals surface area contributed by atoms with Gasteiger partial charge in [-0.3, -0.25) is 14.4 Å². The molecule has 0 saturated carbocycles. The molecule has 0 spiro atoms. The monoisotopic (exact) mass is 559 g/mol. The minimum atomic E-state index is -1.06. The van der Waals surface area contributed by atoms with E-state index in [-0.39, 0.29) is 30.1 Å². The van der Waals surface area contributed by atoms with Gasteiger partial charge in [0.1, 0.15) is 23.9 Å². The van der Waals surface area contributed by atoms with Crippen LogP contribution in [0.2, 0.25) is 0 Å². The number of aromatic amines is 1. The zero-order chi connectivity index (χ0) is 29.5. The molecule has 41 heavy (non-hydrogen) atoms. The number of likely N-dealkylation sites (N-methyl/N-ethyl adjacent to an activating group) is 1. The highest BCUT2D eigenvalue weighted by molar-refractivity contribution is 5.94. The average Bonchev–Trinajstić information content (AvgIpc) is 3.37. The lowest BCUT2D eigenvalue weighted by Crippen LogP contribution is -2.62. The van der Waals surface area contributed by atoms with Crippen LogP contribution in [-0.4, -0.2) is 54.0 Å². The summed E-state index contributed by atoms with van der Waals surface area (Å²) in [5, 5.41) is 12.8. The van der Waals surface area contributed by atoms with Crippen LogP contribution in [-0.2, 0) is 20.8 Å². The minimum absolute atomic E-state index is 0.0414. The predicted octanol–water partition coefficient (Wildman–Crippen LogP) is 3.52. The van der Waals surface area contributed by atoms with Crippen molar-refractivity contribution in [3.05, 3.63) is 72.1 Å². The van der Waals surface area contributed by atoms with Crippen molar-refractivity contribution in [2.45, 2.75) is 64.8 Å². The molecule has 5 N–H and O–H groups in total. The number of amides is 3. The van der Waals surface area contributed by atoms with E-state index in [0.717, 1.165) is 28.5 Å². The molecule has 0 fully saturated rings. The fourth-order valence-electron chi connectivity index (χ4n) is 5.17. The molecule has 3 amide bonds. The number of para-hydroxylation sites is 1. The smallest absolute Gasteiger partial charge is 0.247 e. The highest BCUT2D eigenvalue weighted by atomic mass is 16.5. The Hall–Kier alpha value is -4.11. The van der Waals surface area contributed by atoms with Crippen molar-refractivity contribution in [2.75, 3.05) is 7.05 Å². The summed E-state index contributed by atoms with van der Waals surface area (Å²) in [6.07, 6.45) is 5.55. The fourth-order valence-corrected chi connectivity index (χ4v) is 5.17. The lowest BCUT2D eigenvalue weighted by molar-refractivity contribution is -0.135. The SMILES string of the molecule is CCC(C)C(NC)C(=O)NC1C(=O)NC(Cc2c[nH]c3ccccc23)C(=O)NC=Cc2ccc(cc2)OC1C(C)C. The molecule has 2 aliphatic heterocycles. The number of hydrogen-bond acceptors (Lipinski definition) is 5. The molecule has 5 unspecified atom stereocenters. The molecule has 9 heteroatoms. The first-order valence-electron chi connectivity index (χ1n) is 14.3. The van der Waals surface area contributed by atoms with Gasteiger partial charge in [-0.15, -0.1) is 0 Å². The van der Waals surface area contributed by atoms with Crippen LogP contribution >= 0.6 is 0 Å². The summed E-state index contributed by atoms with van der Waals surface area (Å²) in [5.41, 5.74) is 2.72. The van der Waals surface area contributed by atoms with Gasteiger partial charge in [0.2, 0.25) is 17.7 Å². The Morgan fingerprint density at radius 1 is 1.02 bits per heavy atom. The number of carbonyl (C=O) groups is 3. The van der Waals surface area contributed by atoms with Gasteiger partial charge < -0.3 is 31.0 Å². The summed E-state index contributed by atoms with van der Waals surface area (Å²) in [4.78, 5) is 44.2. The van der Waals surface area contributed by atoms with Crippen molar-refractivity contribution in [3.63, 3.8) is 0 Å². The second-order valence-electron chi connectivity index (χ2n) is 11.0. The quantitative estimate of drug-likeness (QED) is 0.289. The largest absolute Gasteiger partial charge is 0.487 e. The Bertz CT molecular complexity index is 1380. The van der Waals surface area contributed by atoms with Crippen LogP contribution in [0.1, 0.15) is 45.2 Å². The van der Waals surface area contributed by atoms with Gasteiger partial charge in [-0.25, -0.2) is 0 Å². The first kappa shape index (κ1) is 29.9. The number of carbonyl (C=O) groups excluding carboxylic acids is 3. The first-order chi connectivity index (χ1) is 19.7. The van der Waals surface area contributed by atoms with Gasteiger partial charge in [0.25, 0.3) is 0 Å². The molecule has 5 atom stereocenters. The molecular formula is C32H41N5O4. The van der Waals surface area contributed by atoms with E-state index < -0.39 is 30.1 Å². The lowest BCUT2D eigenvalue weighted by atomic mass is 9.94. The van der Waals surface area contributed by atoms with E-state index in [4.69, 9.17) is 4.74 Å². The molecule has 2 aromatic carbocycles. The van der Waals surface area contributed by atoms with Gasteiger partial charge in [0.05, 0.1) is 6.04 Å². The Morgan fingerprint density at radius 3 is 2.44 bits per heavy atom. The van der Waals surface area contributed by atoms with Crippen LogP contribution in [0, 0.1) is 11.8 Å². The van der Waals surface area contributed by atoms with Gasteiger partial charge in [0.15, 0.2) is 0 Å². The number of nitrogens with one attached hydrogen (secondary N) is 5. The van der Waals surface area contributed by atoms with E-state index in [1.54, 1.807) is 19.3 Å². The molecule has 3 heterocycles. The summed E-state index contributed by atoms with van der Waals surface area (Å²) >= 11 is 0. The fraction of sp³-hybridized carbons (Fsp3) is 0.406. The zero-order valence-corrected chi connectivity index (χ0v) is 24.4. The number of aromatic nitrogens is 1. The molecule has 3 aromatic rings.